The summed E-state index contributed by atoms with van der Waals surface area (Å²) < 4.78 is 1.64. The van der Waals surface area contributed by atoms with Gasteiger partial charge in [-0.05, 0) is 25.2 Å². The van der Waals surface area contributed by atoms with E-state index < -0.39 is 0 Å². The van der Waals surface area contributed by atoms with Gasteiger partial charge in [-0.3, -0.25) is 9.69 Å². The quantitative estimate of drug-likeness (QED) is 0.725. The Kier molecular flexibility index (Phi) is 4.62. The van der Waals surface area contributed by atoms with E-state index in [1.54, 1.807) is 29.2 Å². The highest BCUT2D eigenvalue weighted by Gasteiger charge is 2.17. The fraction of sp³-hybridized carbons (Fsp3) is 0.353. The van der Waals surface area contributed by atoms with Crippen molar-refractivity contribution in [1.82, 2.24) is 29.5 Å². The number of imidazole rings is 1. The van der Waals surface area contributed by atoms with E-state index in [9.17, 15) is 4.79 Å². The molecule has 2 aromatic heterocycles. The summed E-state index contributed by atoms with van der Waals surface area (Å²) in [5.74, 6) is 0.528. The lowest BCUT2D eigenvalue weighted by Crippen LogP contribution is -2.47. The van der Waals surface area contributed by atoms with Crippen LogP contribution in [0.4, 0.5) is 5.69 Å². The number of aromatic amines is 1. The number of fused-ring (bicyclic) bond motifs is 1. The summed E-state index contributed by atoms with van der Waals surface area (Å²) >= 11 is 6.34. The summed E-state index contributed by atoms with van der Waals surface area (Å²) in [6.45, 7) is 4.10. The summed E-state index contributed by atoms with van der Waals surface area (Å²) in [5, 5.41) is 7.53. The topological polar surface area (TPSA) is 82.1 Å². The summed E-state index contributed by atoms with van der Waals surface area (Å²) in [4.78, 5) is 24.5. The van der Waals surface area contributed by atoms with Gasteiger partial charge < -0.3 is 15.2 Å². The molecule has 1 fully saturated rings. The minimum Gasteiger partial charge on any atom is -0.324 e. The molecule has 0 spiro atoms. The highest BCUT2D eigenvalue weighted by Crippen LogP contribution is 2.27. The Hall–Kier alpha value is -2.42. The number of nitrogens with one attached hydrogen (secondary N) is 2. The van der Waals surface area contributed by atoms with Gasteiger partial charge in [0.1, 0.15) is 0 Å². The second-order valence-electron chi connectivity index (χ2n) is 6.49. The van der Waals surface area contributed by atoms with Crippen molar-refractivity contribution in [2.75, 3.05) is 45.1 Å². The van der Waals surface area contributed by atoms with E-state index in [2.05, 4.69) is 37.2 Å². The van der Waals surface area contributed by atoms with Gasteiger partial charge in [0.05, 0.1) is 28.3 Å². The summed E-state index contributed by atoms with van der Waals surface area (Å²) in [5.41, 5.74) is 2.07. The highest BCUT2D eigenvalue weighted by molar-refractivity contribution is 6.34. The number of likely N-dealkylation sites (N-methyl/N-ethyl adjacent to an activating group) is 1. The van der Waals surface area contributed by atoms with Crippen molar-refractivity contribution >= 4 is 34.2 Å². The molecule has 1 amide bonds. The Morgan fingerprint density at radius 2 is 2.12 bits per heavy atom. The van der Waals surface area contributed by atoms with E-state index >= 15 is 0 Å². The average Bonchev–Trinajstić information content (AvgIpc) is 3.26. The fourth-order valence-electron chi connectivity index (χ4n) is 3.01. The van der Waals surface area contributed by atoms with Crippen LogP contribution < -0.4 is 5.32 Å². The van der Waals surface area contributed by atoms with Crippen LogP contribution in [-0.4, -0.2) is 75.2 Å². The first-order valence-electron chi connectivity index (χ1n) is 8.48. The number of anilines is 1. The predicted octanol–water partition coefficient (Wildman–Crippen LogP) is 1.59. The van der Waals surface area contributed by atoms with Gasteiger partial charge >= 0.3 is 0 Å². The Morgan fingerprint density at radius 3 is 2.85 bits per heavy atom. The van der Waals surface area contributed by atoms with Crippen molar-refractivity contribution in [3.05, 3.63) is 35.6 Å². The van der Waals surface area contributed by atoms with Crippen LogP contribution in [0.1, 0.15) is 0 Å². The Bertz CT molecular complexity index is 913. The third-order valence-electron chi connectivity index (χ3n) is 4.52. The SMILES string of the molecule is CN1CCN(CC(=O)Nc2cc3nc(-n4cccn4)[nH]c3cc2Cl)CC1. The number of nitrogens with zero attached hydrogens (tertiary/aromatic N) is 5. The van der Waals surface area contributed by atoms with E-state index in [4.69, 9.17) is 11.6 Å². The lowest BCUT2D eigenvalue weighted by atomic mass is 10.2. The van der Waals surface area contributed by atoms with Gasteiger partial charge in [-0.25, -0.2) is 9.67 Å². The molecule has 26 heavy (non-hydrogen) atoms. The maximum absolute atomic E-state index is 12.4. The number of hydrogen-bond donors (Lipinski definition) is 2. The minimum absolute atomic E-state index is 0.0707. The van der Waals surface area contributed by atoms with Crippen molar-refractivity contribution in [2.45, 2.75) is 0 Å². The maximum Gasteiger partial charge on any atom is 0.238 e. The number of aromatic nitrogens is 4. The molecule has 1 saturated heterocycles. The molecule has 136 valence electrons. The number of halogens is 1. The Balaban J connectivity index is 1.49. The third kappa shape index (κ3) is 3.57. The number of amides is 1. The van der Waals surface area contributed by atoms with Crippen LogP contribution in [0.3, 0.4) is 0 Å². The van der Waals surface area contributed by atoms with Crippen LogP contribution in [0.15, 0.2) is 30.6 Å². The maximum atomic E-state index is 12.4. The van der Waals surface area contributed by atoms with Crippen LogP contribution in [0, 0.1) is 0 Å². The first-order chi connectivity index (χ1) is 12.6. The molecule has 0 atom stereocenters. The number of benzene rings is 1. The lowest BCUT2D eigenvalue weighted by Gasteiger charge is -2.31. The van der Waals surface area contributed by atoms with Crippen molar-refractivity contribution in [1.29, 1.82) is 0 Å². The van der Waals surface area contributed by atoms with Crippen molar-refractivity contribution < 1.29 is 4.79 Å². The zero-order chi connectivity index (χ0) is 18.1. The number of piperazine rings is 1. The molecule has 0 unspecified atom stereocenters. The van der Waals surface area contributed by atoms with Gasteiger partial charge in [-0.2, -0.15) is 5.10 Å². The highest BCUT2D eigenvalue weighted by atomic mass is 35.5. The molecule has 1 aromatic carbocycles. The molecule has 4 rings (SSSR count). The molecule has 0 radical (unpaired) electrons. The lowest BCUT2D eigenvalue weighted by molar-refractivity contribution is -0.117. The normalized spacial score (nSPS) is 16.2. The average molecular weight is 374 g/mol. The van der Waals surface area contributed by atoms with Crippen LogP contribution in [-0.2, 0) is 4.79 Å². The molecule has 3 heterocycles. The van der Waals surface area contributed by atoms with Crippen LogP contribution in [0.5, 0.6) is 0 Å². The van der Waals surface area contributed by atoms with Gasteiger partial charge in [0.2, 0.25) is 11.9 Å². The largest absolute Gasteiger partial charge is 0.324 e. The molecule has 2 N–H and O–H groups in total. The Morgan fingerprint density at radius 1 is 1.31 bits per heavy atom. The van der Waals surface area contributed by atoms with Crippen molar-refractivity contribution in [3.8, 4) is 5.95 Å². The van der Waals surface area contributed by atoms with Gasteiger partial charge in [0.25, 0.3) is 0 Å². The van der Waals surface area contributed by atoms with Gasteiger partial charge in [0, 0.05) is 38.6 Å². The second kappa shape index (κ2) is 7.06. The molecule has 9 heteroatoms. The fourth-order valence-corrected chi connectivity index (χ4v) is 3.23. The van der Waals surface area contributed by atoms with Crippen LogP contribution in [0.2, 0.25) is 5.02 Å². The van der Waals surface area contributed by atoms with Gasteiger partial charge in [0.15, 0.2) is 0 Å². The molecule has 0 aliphatic carbocycles. The zero-order valence-electron chi connectivity index (χ0n) is 14.4. The van der Waals surface area contributed by atoms with Gasteiger partial charge in [-0.15, -0.1) is 0 Å². The number of carbonyl (C=O) groups excluding carboxylic acids is 1. The van der Waals surface area contributed by atoms with E-state index in [-0.39, 0.29) is 5.91 Å². The molecule has 0 bridgehead atoms. The monoisotopic (exact) mass is 373 g/mol. The number of rotatable bonds is 4. The van der Waals surface area contributed by atoms with E-state index in [1.165, 1.54) is 0 Å². The molecule has 0 saturated carbocycles. The van der Waals surface area contributed by atoms with E-state index in [1.807, 2.05) is 6.07 Å². The molecule has 1 aliphatic rings. The molecule has 3 aromatic rings. The standard InChI is InChI=1S/C17H20ClN7O/c1-23-5-7-24(8-6-23)11-16(26)20-13-10-15-14(9-12(13)18)21-17(22-15)25-4-2-3-19-25/h2-4,9-10H,5-8,11H2,1H3,(H,20,26)(H,21,22). The van der Waals surface area contributed by atoms with Crippen LogP contribution in [0.25, 0.3) is 17.0 Å². The van der Waals surface area contributed by atoms with E-state index in [0.717, 1.165) is 37.2 Å². The van der Waals surface area contributed by atoms with Crippen molar-refractivity contribution in [2.24, 2.45) is 0 Å². The first-order valence-corrected chi connectivity index (χ1v) is 8.86. The summed E-state index contributed by atoms with van der Waals surface area (Å²) in [6.07, 6.45) is 3.49. The second-order valence-corrected chi connectivity index (χ2v) is 6.90. The molecule has 8 nitrogen and oxygen atoms in total. The van der Waals surface area contributed by atoms with Crippen LogP contribution >= 0.6 is 11.6 Å². The zero-order valence-corrected chi connectivity index (χ0v) is 15.2. The number of hydrogen-bond acceptors (Lipinski definition) is 5. The number of carbonyl (C=O) groups is 1. The number of H-pyrrole nitrogens is 1. The minimum atomic E-state index is -0.0707. The smallest absolute Gasteiger partial charge is 0.238 e. The molecular formula is C17H20ClN7O. The predicted molar refractivity (Wildman–Crippen MR) is 101 cm³/mol. The van der Waals surface area contributed by atoms with Crippen molar-refractivity contribution in [3.63, 3.8) is 0 Å². The Labute approximate surface area is 155 Å². The molecule has 1 aliphatic heterocycles. The van der Waals surface area contributed by atoms with E-state index in [0.29, 0.717) is 23.2 Å². The molecular weight excluding hydrogens is 354 g/mol. The summed E-state index contributed by atoms with van der Waals surface area (Å²) in [7, 11) is 2.09. The van der Waals surface area contributed by atoms with Gasteiger partial charge in [-0.1, -0.05) is 11.6 Å². The third-order valence-corrected chi connectivity index (χ3v) is 4.83. The first kappa shape index (κ1) is 17.0. The summed E-state index contributed by atoms with van der Waals surface area (Å²) in [6, 6.07) is 5.37.